The summed E-state index contributed by atoms with van der Waals surface area (Å²) in [6.45, 7) is 2.34. The second-order valence-electron chi connectivity index (χ2n) is 3.74. The second-order valence-corrected chi connectivity index (χ2v) is 7.78. The Morgan fingerprint density at radius 1 is 0.688 bits per heavy atom. The summed E-state index contributed by atoms with van der Waals surface area (Å²) in [5.74, 6) is 0. The highest BCUT2D eigenvalue weighted by Gasteiger charge is 2.03. The predicted octanol–water partition coefficient (Wildman–Crippen LogP) is 3.34. The molecule has 0 aliphatic heterocycles. The summed E-state index contributed by atoms with van der Waals surface area (Å²) in [6.07, 6.45) is 0. The minimum absolute atomic E-state index is 0.754. The van der Waals surface area contributed by atoms with Crippen molar-refractivity contribution in [1.29, 1.82) is 0 Å². The maximum Gasteiger partial charge on any atom is -0.000848 e. The van der Waals surface area contributed by atoms with Gasteiger partial charge in [0.15, 0.2) is 0 Å². The molecule has 0 N–H and O–H groups in total. The molecule has 0 bridgehead atoms. The number of hydrogen-bond acceptors (Lipinski definition) is 0. The average molecular weight is 246 g/mol. The first kappa shape index (κ1) is 11.8. The Kier molecular flexibility index (Phi) is 4.52. The van der Waals surface area contributed by atoms with Crippen LogP contribution >= 0.6 is 17.2 Å². The van der Waals surface area contributed by atoms with E-state index in [1.165, 1.54) is 10.6 Å². The van der Waals surface area contributed by atoms with E-state index in [1.54, 1.807) is 0 Å². The molecule has 0 radical (unpaired) electrons. The summed E-state index contributed by atoms with van der Waals surface area (Å²) in [7, 11) is 1.83. The van der Waals surface area contributed by atoms with Crippen molar-refractivity contribution in [3.05, 3.63) is 60.7 Å². The van der Waals surface area contributed by atoms with E-state index in [1.807, 2.05) is 0 Å². The van der Waals surface area contributed by atoms with Crippen LogP contribution < -0.4 is 10.6 Å². The zero-order chi connectivity index (χ0) is 11.2. The number of benzene rings is 2. The van der Waals surface area contributed by atoms with Gasteiger partial charge in [-0.2, -0.15) is 0 Å². The van der Waals surface area contributed by atoms with Gasteiger partial charge in [-0.15, -0.1) is 0 Å². The van der Waals surface area contributed by atoms with Gasteiger partial charge in [0, 0.05) is 0 Å². The van der Waals surface area contributed by atoms with Crippen molar-refractivity contribution in [2.24, 2.45) is 0 Å². The van der Waals surface area contributed by atoms with Gasteiger partial charge in [-0.1, -0.05) is 84.7 Å². The standard InChI is InChI=1S/C14H16P2/c1-12(15-13-8-4-2-5-9-13)16-14-10-6-3-7-11-14/h2-12,15-16H,1H3. The lowest BCUT2D eigenvalue weighted by Crippen LogP contribution is -2.02. The highest BCUT2D eigenvalue weighted by Crippen LogP contribution is 2.32. The molecule has 2 atom stereocenters. The molecule has 0 aromatic heterocycles. The van der Waals surface area contributed by atoms with E-state index < -0.39 is 0 Å². The molecule has 2 aromatic carbocycles. The summed E-state index contributed by atoms with van der Waals surface area (Å²) >= 11 is 0. The zero-order valence-electron chi connectivity index (χ0n) is 9.35. The third kappa shape index (κ3) is 3.71. The van der Waals surface area contributed by atoms with Crippen LogP contribution in [0.5, 0.6) is 0 Å². The topological polar surface area (TPSA) is 0 Å². The van der Waals surface area contributed by atoms with Gasteiger partial charge in [-0.05, 0) is 16.0 Å². The Labute approximate surface area is 101 Å². The van der Waals surface area contributed by atoms with Crippen molar-refractivity contribution < 1.29 is 0 Å². The van der Waals surface area contributed by atoms with Crippen molar-refractivity contribution in [2.45, 2.75) is 12.3 Å². The summed E-state index contributed by atoms with van der Waals surface area (Å²) in [6, 6.07) is 21.6. The molecule has 0 saturated heterocycles. The average Bonchev–Trinajstić information content (AvgIpc) is 2.31. The van der Waals surface area contributed by atoms with Gasteiger partial charge in [-0.25, -0.2) is 0 Å². The normalized spacial score (nSPS) is 13.8. The van der Waals surface area contributed by atoms with Crippen molar-refractivity contribution in [3.63, 3.8) is 0 Å². The quantitative estimate of drug-likeness (QED) is 0.726. The first-order valence-electron chi connectivity index (χ1n) is 5.48. The van der Waals surface area contributed by atoms with Crippen LogP contribution in [-0.2, 0) is 0 Å². The van der Waals surface area contributed by atoms with Crippen LogP contribution in [0.15, 0.2) is 60.7 Å². The Morgan fingerprint density at radius 3 is 1.44 bits per heavy atom. The highest BCUT2D eigenvalue weighted by atomic mass is 31.1. The van der Waals surface area contributed by atoms with Gasteiger partial charge in [0.2, 0.25) is 0 Å². The third-order valence-corrected chi connectivity index (χ3v) is 5.38. The van der Waals surface area contributed by atoms with E-state index in [9.17, 15) is 0 Å². The van der Waals surface area contributed by atoms with Gasteiger partial charge in [-0.3, -0.25) is 0 Å². The first-order chi connectivity index (χ1) is 7.84. The smallest absolute Gasteiger partial charge is 0.000848 e. The van der Waals surface area contributed by atoms with Gasteiger partial charge in [0.25, 0.3) is 0 Å². The fourth-order valence-electron chi connectivity index (χ4n) is 1.60. The van der Waals surface area contributed by atoms with Crippen LogP contribution in [0.3, 0.4) is 0 Å². The minimum atomic E-state index is 0.754. The van der Waals surface area contributed by atoms with Crippen LogP contribution in [0.25, 0.3) is 0 Å². The molecular formula is C14H16P2. The monoisotopic (exact) mass is 246 g/mol. The maximum absolute atomic E-state index is 2.34. The Hall–Kier alpha value is -0.700. The molecule has 0 heterocycles. The van der Waals surface area contributed by atoms with Crippen LogP contribution in [0, 0.1) is 0 Å². The molecule has 0 spiro atoms. The zero-order valence-corrected chi connectivity index (χ0v) is 11.4. The summed E-state index contributed by atoms with van der Waals surface area (Å²) < 4.78 is 0. The molecule has 2 aromatic rings. The summed E-state index contributed by atoms with van der Waals surface area (Å²) in [5.41, 5.74) is 0. The molecule has 82 valence electrons. The van der Waals surface area contributed by atoms with Crippen LogP contribution in [0.4, 0.5) is 0 Å². The fraction of sp³-hybridized carbons (Fsp3) is 0.143. The van der Waals surface area contributed by atoms with Crippen molar-refractivity contribution >= 4 is 27.8 Å². The molecular weight excluding hydrogens is 230 g/mol. The molecule has 0 fully saturated rings. The van der Waals surface area contributed by atoms with Crippen molar-refractivity contribution in [1.82, 2.24) is 0 Å². The lowest BCUT2D eigenvalue weighted by Gasteiger charge is -2.11. The molecule has 0 aliphatic rings. The van der Waals surface area contributed by atoms with E-state index in [0.717, 1.165) is 22.6 Å². The molecule has 2 rings (SSSR count). The van der Waals surface area contributed by atoms with Crippen molar-refractivity contribution in [3.8, 4) is 0 Å². The van der Waals surface area contributed by atoms with Gasteiger partial charge < -0.3 is 0 Å². The molecule has 16 heavy (non-hydrogen) atoms. The molecule has 2 heteroatoms. The molecule has 2 unspecified atom stereocenters. The molecule has 0 nitrogen and oxygen atoms in total. The summed E-state index contributed by atoms with van der Waals surface area (Å²) in [4.78, 5) is 0. The largest absolute Gasteiger partial charge is 0.0830 e. The molecule has 0 saturated carbocycles. The lowest BCUT2D eigenvalue weighted by atomic mass is 10.4. The predicted molar refractivity (Wildman–Crippen MR) is 78.2 cm³/mol. The van der Waals surface area contributed by atoms with Gasteiger partial charge in [0.1, 0.15) is 0 Å². The third-order valence-electron chi connectivity index (χ3n) is 2.31. The fourth-order valence-corrected chi connectivity index (χ4v) is 4.66. The van der Waals surface area contributed by atoms with E-state index in [0.29, 0.717) is 0 Å². The van der Waals surface area contributed by atoms with Gasteiger partial charge >= 0.3 is 0 Å². The lowest BCUT2D eigenvalue weighted by molar-refractivity contribution is 1.41. The highest BCUT2D eigenvalue weighted by molar-refractivity contribution is 7.65. The number of hydrogen-bond donors (Lipinski definition) is 0. The van der Waals surface area contributed by atoms with E-state index in [-0.39, 0.29) is 0 Å². The maximum atomic E-state index is 2.34. The van der Waals surface area contributed by atoms with E-state index >= 15 is 0 Å². The molecule has 0 aliphatic carbocycles. The van der Waals surface area contributed by atoms with E-state index in [4.69, 9.17) is 0 Å². The number of rotatable bonds is 4. The Balaban J connectivity index is 1.92. The second kappa shape index (κ2) is 6.14. The summed E-state index contributed by atoms with van der Waals surface area (Å²) in [5, 5.41) is 3.70. The van der Waals surface area contributed by atoms with Crippen LogP contribution in [0.1, 0.15) is 6.92 Å². The minimum Gasteiger partial charge on any atom is -0.0830 e. The first-order valence-corrected chi connectivity index (χ1v) is 7.63. The van der Waals surface area contributed by atoms with Crippen LogP contribution in [-0.4, -0.2) is 5.40 Å². The molecule has 0 amide bonds. The van der Waals surface area contributed by atoms with E-state index in [2.05, 4.69) is 67.6 Å². The van der Waals surface area contributed by atoms with Crippen LogP contribution in [0.2, 0.25) is 0 Å². The van der Waals surface area contributed by atoms with Crippen molar-refractivity contribution in [2.75, 3.05) is 0 Å². The Bertz CT molecular complexity index is 370. The SMILES string of the molecule is CC(Pc1ccccc1)Pc1ccccc1. The van der Waals surface area contributed by atoms with Gasteiger partial charge in [0.05, 0.1) is 0 Å². The Morgan fingerprint density at radius 2 is 1.06 bits per heavy atom.